The zero-order valence-electron chi connectivity index (χ0n) is 26.2. The van der Waals surface area contributed by atoms with E-state index in [-0.39, 0.29) is 24.6 Å². The molecule has 3 amide bonds. The lowest BCUT2D eigenvalue weighted by Gasteiger charge is -2.20. The number of nitrogens with one attached hydrogen (secondary N) is 3. The Balaban J connectivity index is 1.50. The average Bonchev–Trinajstić information content (AvgIpc) is 3.00. The summed E-state index contributed by atoms with van der Waals surface area (Å²) >= 11 is 0. The van der Waals surface area contributed by atoms with E-state index in [1.165, 1.54) is 0 Å². The van der Waals surface area contributed by atoms with Gasteiger partial charge in [0.05, 0.1) is 13.2 Å². The third kappa shape index (κ3) is 13.2. The van der Waals surface area contributed by atoms with Gasteiger partial charge in [-0.25, -0.2) is 9.59 Å². The second-order valence-corrected chi connectivity index (χ2v) is 11.7. The lowest BCUT2D eigenvalue weighted by Crippen LogP contribution is -2.47. The Morgan fingerprint density at radius 2 is 1.45 bits per heavy atom. The summed E-state index contributed by atoms with van der Waals surface area (Å²) < 4.78 is 16.5. The predicted octanol–water partition coefficient (Wildman–Crippen LogP) is 6.22. The molecule has 0 spiro atoms. The highest BCUT2D eigenvalue weighted by Crippen LogP contribution is 2.18. The molecule has 3 rings (SSSR count). The number of alkyl carbamates (subject to hydrolysis) is 2. The number of hydrogen-bond donors (Lipinski definition) is 3. The van der Waals surface area contributed by atoms with Gasteiger partial charge in [-0.05, 0) is 87.8 Å². The maximum absolute atomic E-state index is 13.3. The molecular weight excluding hydrogens is 558 g/mol. The summed E-state index contributed by atoms with van der Waals surface area (Å²) in [5.41, 5.74) is 3.52. The minimum Gasteiger partial charge on any atom is -0.494 e. The van der Waals surface area contributed by atoms with Gasteiger partial charge in [-0.2, -0.15) is 0 Å². The summed E-state index contributed by atoms with van der Waals surface area (Å²) in [5.74, 6) is 0.397. The van der Waals surface area contributed by atoms with Crippen molar-refractivity contribution < 1.29 is 28.6 Å². The molecule has 0 heterocycles. The van der Waals surface area contributed by atoms with Crippen molar-refractivity contribution in [2.45, 2.75) is 78.1 Å². The molecule has 0 aliphatic carbocycles. The van der Waals surface area contributed by atoms with Crippen molar-refractivity contribution in [3.05, 3.63) is 101 Å². The van der Waals surface area contributed by atoms with Crippen molar-refractivity contribution in [2.75, 3.05) is 13.2 Å². The van der Waals surface area contributed by atoms with Gasteiger partial charge < -0.3 is 30.2 Å². The Hall–Kier alpha value is -4.53. The van der Waals surface area contributed by atoms with Crippen molar-refractivity contribution in [1.29, 1.82) is 0 Å². The molecular formula is C35H45N3O6. The van der Waals surface area contributed by atoms with E-state index in [0.717, 1.165) is 28.7 Å². The molecule has 0 fully saturated rings. The molecule has 0 aromatic heterocycles. The zero-order valence-corrected chi connectivity index (χ0v) is 26.2. The van der Waals surface area contributed by atoms with E-state index in [2.05, 4.69) is 16.0 Å². The number of aryl methyl sites for hydroxylation is 2. The fraction of sp³-hybridized carbons (Fsp3) is 0.400. The molecule has 0 aliphatic rings. The monoisotopic (exact) mass is 603 g/mol. The normalized spacial score (nSPS) is 11.6. The molecule has 44 heavy (non-hydrogen) atoms. The molecule has 9 nitrogen and oxygen atoms in total. The first-order chi connectivity index (χ1) is 21.1. The van der Waals surface area contributed by atoms with E-state index < -0.39 is 18.2 Å². The quantitative estimate of drug-likeness (QED) is 0.178. The van der Waals surface area contributed by atoms with Crippen molar-refractivity contribution in [3.63, 3.8) is 0 Å². The predicted molar refractivity (Wildman–Crippen MR) is 170 cm³/mol. The van der Waals surface area contributed by atoms with Crippen molar-refractivity contribution in [3.8, 4) is 5.75 Å². The second-order valence-electron chi connectivity index (χ2n) is 11.7. The summed E-state index contributed by atoms with van der Waals surface area (Å²) in [6.07, 6.45) is 1.36. The van der Waals surface area contributed by atoms with Gasteiger partial charge in [0.15, 0.2) is 0 Å². The molecule has 3 N–H and O–H groups in total. The highest BCUT2D eigenvalue weighted by Gasteiger charge is 2.22. The van der Waals surface area contributed by atoms with E-state index in [1.807, 2.05) is 107 Å². The Kier molecular flexibility index (Phi) is 13.6. The minimum atomic E-state index is -0.772. The van der Waals surface area contributed by atoms with Crippen LogP contribution in [0.15, 0.2) is 78.9 Å². The maximum Gasteiger partial charge on any atom is 0.408 e. The van der Waals surface area contributed by atoms with E-state index >= 15 is 0 Å². The van der Waals surface area contributed by atoms with Crippen LogP contribution < -0.4 is 20.7 Å². The maximum atomic E-state index is 13.3. The van der Waals surface area contributed by atoms with Crippen LogP contribution in [0.2, 0.25) is 0 Å². The molecule has 0 saturated heterocycles. The second kappa shape index (κ2) is 17.6. The number of unbranched alkanes of at least 4 members (excludes halogenated alkanes) is 1. The van der Waals surface area contributed by atoms with Crippen molar-refractivity contribution >= 4 is 18.1 Å². The third-order valence-corrected chi connectivity index (χ3v) is 6.68. The number of carbonyl (C=O) groups is 3. The van der Waals surface area contributed by atoms with Gasteiger partial charge >= 0.3 is 12.2 Å². The van der Waals surface area contributed by atoms with E-state index in [4.69, 9.17) is 14.2 Å². The highest BCUT2D eigenvalue weighted by atomic mass is 16.6. The molecule has 236 valence electrons. The van der Waals surface area contributed by atoms with Crippen LogP contribution in [0, 0.1) is 6.92 Å². The molecule has 0 saturated carbocycles. The van der Waals surface area contributed by atoms with Gasteiger partial charge in [-0.3, -0.25) is 4.79 Å². The number of carbonyl (C=O) groups excluding carboxylic acids is 3. The number of ether oxygens (including phenoxy) is 3. The Bertz CT molecular complexity index is 1330. The Labute approximate surface area is 260 Å². The summed E-state index contributed by atoms with van der Waals surface area (Å²) in [7, 11) is 0. The van der Waals surface area contributed by atoms with Gasteiger partial charge in [0.2, 0.25) is 5.91 Å². The van der Waals surface area contributed by atoms with Crippen molar-refractivity contribution in [2.24, 2.45) is 0 Å². The van der Waals surface area contributed by atoms with E-state index in [9.17, 15) is 14.4 Å². The van der Waals surface area contributed by atoms with E-state index in [0.29, 0.717) is 38.2 Å². The van der Waals surface area contributed by atoms with Crippen LogP contribution >= 0.6 is 0 Å². The third-order valence-electron chi connectivity index (χ3n) is 6.68. The van der Waals surface area contributed by atoms with E-state index in [1.54, 1.807) is 0 Å². The number of rotatable bonds is 15. The van der Waals surface area contributed by atoms with Gasteiger partial charge in [0.25, 0.3) is 0 Å². The SMILES string of the molecule is Cc1ccc(OCCCCOC(=O)NC(C)(C)C)cc1CNC(=O)[C@H](CCc1ccccc1)NC(=O)OCc1ccccc1. The Morgan fingerprint density at radius 3 is 2.14 bits per heavy atom. The summed E-state index contributed by atoms with van der Waals surface area (Å²) in [5, 5.41) is 8.48. The molecule has 3 aromatic carbocycles. The standard InChI is InChI=1S/C35H45N3O6/c1-26-17-19-30(42-21-11-12-22-43-34(41)38-35(2,3)4)23-29(26)24-36-32(39)31(20-18-27-13-7-5-8-14-27)37-33(40)44-25-28-15-9-6-10-16-28/h5-10,13-17,19,23,31H,11-12,18,20-22,24-25H2,1-4H3,(H,36,39)(H,37,40)(H,38,41)/t31-/m0/s1. The molecule has 0 unspecified atom stereocenters. The summed E-state index contributed by atoms with van der Waals surface area (Å²) in [4.78, 5) is 37.6. The summed E-state index contributed by atoms with van der Waals surface area (Å²) in [6.45, 7) is 8.84. The largest absolute Gasteiger partial charge is 0.494 e. The topological polar surface area (TPSA) is 115 Å². The number of amides is 3. The lowest BCUT2D eigenvalue weighted by atomic mass is 10.0. The van der Waals surface area contributed by atoms with Crippen LogP contribution in [0.4, 0.5) is 9.59 Å². The average molecular weight is 604 g/mol. The smallest absolute Gasteiger partial charge is 0.408 e. The minimum absolute atomic E-state index is 0.116. The fourth-order valence-electron chi connectivity index (χ4n) is 4.27. The van der Waals surface area contributed by atoms with Crippen LogP contribution in [0.5, 0.6) is 5.75 Å². The van der Waals surface area contributed by atoms with Crippen LogP contribution in [0.3, 0.4) is 0 Å². The first kappa shape index (κ1) is 34.0. The van der Waals surface area contributed by atoms with Gasteiger partial charge in [-0.1, -0.05) is 66.7 Å². The zero-order chi connectivity index (χ0) is 31.8. The number of benzene rings is 3. The molecule has 1 atom stereocenters. The van der Waals surface area contributed by atoms with Crippen LogP contribution in [-0.4, -0.2) is 42.9 Å². The summed E-state index contributed by atoms with van der Waals surface area (Å²) in [6, 6.07) is 24.2. The lowest BCUT2D eigenvalue weighted by molar-refractivity contribution is -0.123. The van der Waals surface area contributed by atoms with Gasteiger partial charge in [0.1, 0.15) is 18.4 Å². The molecule has 0 bridgehead atoms. The van der Waals surface area contributed by atoms with Crippen LogP contribution in [-0.2, 0) is 33.8 Å². The highest BCUT2D eigenvalue weighted by molar-refractivity contribution is 5.85. The van der Waals surface area contributed by atoms with Gasteiger partial charge in [0, 0.05) is 12.1 Å². The molecule has 0 radical (unpaired) electrons. The van der Waals surface area contributed by atoms with Crippen LogP contribution in [0.25, 0.3) is 0 Å². The van der Waals surface area contributed by atoms with Gasteiger partial charge in [-0.15, -0.1) is 0 Å². The molecule has 0 aliphatic heterocycles. The number of hydrogen-bond acceptors (Lipinski definition) is 6. The first-order valence-corrected chi connectivity index (χ1v) is 15.0. The molecule has 3 aromatic rings. The molecule has 9 heteroatoms. The first-order valence-electron chi connectivity index (χ1n) is 15.0. The van der Waals surface area contributed by atoms with Crippen LogP contribution in [0.1, 0.15) is 62.3 Å². The van der Waals surface area contributed by atoms with Crippen molar-refractivity contribution in [1.82, 2.24) is 16.0 Å². The Morgan fingerprint density at radius 1 is 0.795 bits per heavy atom. The fourth-order valence-corrected chi connectivity index (χ4v) is 4.27.